The molecule has 1 unspecified atom stereocenters. The Balaban J connectivity index is 3.22. The maximum atomic E-state index is 3.59. The summed E-state index contributed by atoms with van der Waals surface area (Å²) in [5.41, 5.74) is 0. The normalized spacial score (nSPS) is 13.4. The van der Waals surface area contributed by atoms with Gasteiger partial charge >= 0.3 is 0 Å². The summed E-state index contributed by atoms with van der Waals surface area (Å²) >= 11 is 0. The van der Waals surface area contributed by atoms with Crippen LogP contribution < -0.4 is 5.32 Å². The van der Waals surface area contributed by atoms with Gasteiger partial charge < -0.3 is 5.32 Å². The molecule has 0 saturated heterocycles. The van der Waals surface area contributed by atoms with E-state index in [0.717, 1.165) is 0 Å². The van der Waals surface area contributed by atoms with Crippen LogP contribution in [0.15, 0.2) is 0 Å². The van der Waals surface area contributed by atoms with Gasteiger partial charge in [-0.25, -0.2) is 0 Å². The molecule has 1 N–H and O–H groups in total. The van der Waals surface area contributed by atoms with Crippen molar-refractivity contribution in [1.29, 1.82) is 0 Å². The van der Waals surface area contributed by atoms with Crippen molar-refractivity contribution < 1.29 is 0 Å². The van der Waals surface area contributed by atoms with Crippen LogP contribution >= 0.6 is 0 Å². The van der Waals surface area contributed by atoms with Gasteiger partial charge in [-0.2, -0.15) is 0 Å². The third kappa shape index (κ3) is 8.88. The molecule has 0 aromatic carbocycles. The molecule has 0 saturated carbocycles. The molecule has 0 bridgehead atoms. The number of nitrogens with one attached hydrogen (secondary N) is 1. The minimum atomic E-state index is 0.556. The van der Waals surface area contributed by atoms with Crippen LogP contribution in [0.4, 0.5) is 0 Å². The van der Waals surface area contributed by atoms with E-state index in [9.17, 15) is 0 Å². The van der Waals surface area contributed by atoms with E-state index in [1.54, 1.807) is 0 Å². The molecule has 2 heteroatoms. The zero-order chi connectivity index (χ0) is 11.5. The summed E-state index contributed by atoms with van der Waals surface area (Å²) < 4.78 is 0. The van der Waals surface area contributed by atoms with Crippen LogP contribution in [-0.4, -0.2) is 31.7 Å². The zero-order valence-electron chi connectivity index (χ0n) is 11.2. The second-order valence-electron chi connectivity index (χ2n) is 4.61. The molecule has 92 valence electrons. The zero-order valence-corrected chi connectivity index (χ0v) is 11.2. The fourth-order valence-electron chi connectivity index (χ4n) is 1.87. The second-order valence-corrected chi connectivity index (χ2v) is 4.61. The minimum Gasteiger partial charge on any atom is -0.302 e. The molecule has 0 spiro atoms. The first kappa shape index (κ1) is 14.9. The smallest absolute Gasteiger partial charge is 0.0589 e. The number of unbranched alkanes of at least 4 members (excludes halogenated alkanes) is 5. The highest BCUT2D eigenvalue weighted by Crippen LogP contribution is 2.04. The second kappa shape index (κ2) is 10.4. The highest BCUT2D eigenvalue weighted by atomic mass is 15.2. The Labute approximate surface area is 96.4 Å². The topological polar surface area (TPSA) is 15.3 Å². The fourth-order valence-corrected chi connectivity index (χ4v) is 1.87. The van der Waals surface area contributed by atoms with Crippen LogP contribution in [0.1, 0.15) is 58.8 Å². The summed E-state index contributed by atoms with van der Waals surface area (Å²) in [6.07, 6.45) is 10.0. The van der Waals surface area contributed by atoms with Crippen LogP contribution in [0.25, 0.3) is 0 Å². The van der Waals surface area contributed by atoms with Crippen molar-refractivity contribution in [3.63, 3.8) is 0 Å². The lowest BCUT2D eigenvalue weighted by Crippen LogP contribution is -2.41. The summed E-state index contributed by atoms with van der Waals surface area (Å²) in [6, 6.07) is 0. The van der Waals surface area contributed by atoms with Crippen LogP contribution in [0.3, 0.4) is 0 Å². The van der Waals surface area contributed by atoms with E-state index in [0.29, 0.717) is 6.17 Å². The molecule has 2 nitrogen and oxygen atoms in total. The Morgan fingerprint density at radius 3 is 2.07 bits per heavy atom. The summed E-state index contributed by atoms with van der Waals surface area (Å²) in [5, 5.41) is 3.59. The maximum Gasteiger partial charge on any atom is 0.0589 e. The van der Waals surface area contributed by atoms with Crippen molar-refractivity contribution in [2.75, 3.05) is 20.6 Å². The lowest BCUT2D eigenvalue weighted by atomic mass is 10.1. The van der Waals surface area contributed by atoms with Gasteiger partial charge in [0.15, 0.2) is 0 Å². The summed E-state index contributed by atoms with van der Waals surface area (Å²) in [7, 11) is 4.28. The van der Waals surface area contributed by atoms with Gasteiger partial charge in [-0.1, -0.05) is 46.0 Å². The quantitative estimate of drug-likeness (QED) is 0.444. The number of rotatable bonds is 10. The average molecular weight is 214 g/mol. The molecule has 0 amide bonds. The molecule has 0 fully saturated rings. The van der Waals surface area contributed by atoms with Gasteiger partial charge in [-0.05, 0) is 33.5 Å². The first-order chi connectivity index (χ1) is 7.22. The number of nitrogens with zero attached hydrogens (tertiary/aromatic N) is 1. The Morgan fingerprint density at radius 1 is 0.933 bits per heavy atom. The van der Waals surface area contributed by atoms with Crippen molar-refractivity contribution in [2.24, 2.45) is 0 Å². The van der Waals surface area contributed by atoms with Crippen LogP contribution in [0, 0.1) is 0 Å². The SMILES string of the molecule is CCCCCCCCNC(CC)N(C)C. The fraction of sp³-hybridized carbons (Fsp3) is 1.00. The van der Waals surface area contributed by atoms with Gasteiger partial charge in [0.1, 0.15) is 0 Å². The minimum absolute atomic E-state index is 0.556. The maximum absolute atomic E-state index is 3.59. The first-order valence-corrected chi connectivity index (χ1v) is 6.62. The van der Waals surface area contributed by atoms with Crippen LogP contribution in [-0.2, 0) is 0 Å². The van der Waals surface area contributed by atoms with Gasteiger partial charge in [-0.15, -0.1) is 0 Å². The van der Waals surface area contributed by atoms with Gasteiger partial charge in [0.05, 0.1) is 6.17 Å². The summed E-state index contributed by atoms with van der Waals surface area (Å²) in [5.74, 6) is 0. The first-order valence-electron chi connectivity index (χ1n) is 6.62. The average Bonchev–Trinajstić information content (AvgIpc) is 2.21. The summed E-state index contributed by atoms with van der Waals surface area (Å²) in [4.78, 5) is 2.26. The third-order valence-corrected chi connectivity index (χ3v) is 2.92. The van der Waals surface area contributed by atoms with E-state index in [-0.39, 0.29) is 0 Å². The van der Waals surface area contributed by atoms with Crippen molar-refractivity contribution in [3.05, 3.63) is 0 Å². The van der Waals surface area contributed by atoms with Crippen molar-refractivity contribution in [3.8, 4) is 0 Å². The largest absolute Gasteiger partial charge is 0.302 e. The van der Waals surface area contributed by atoms with E-state index in [1.807, 2.05) is 0 Å². The van der Waals surface area contributed by atoms with E-state index in [1.165, 1.54) is 51.5 Å². The van der Waals surface area contributed by atoms with Gasteiger partial charge in [-0.3, -0.25) is 4.90 Å². The molecule has 0 aliphatic heterocycles. The van der Waals surface area contributed by atoms with Crippen LogP contribution in [0.5, 0.6) is 0 Å². The Bertz CT molecular complexity index is 124. The molecule has 0 radical (unpaired) electrons. The molecule has 0 aromatic rings. The predicted molar refractivity (Wildman–Crippen MR) is 69.1 cm³/mol. The van der Waals surface area contributed by atoms with Crippen molar-refractivity contribution >= 4 is 0 Å². The monoisotopic (exact) mass is 214 g/mol. The lowest BCUT2D eigenvalue weighted by molar-refractivity contribution is 0.238. The molecule has 0 aliphatic rings. The van der Waals surface area contributed by atoms with Gasteiger partial charge in [0.25, 0.3) is 0 Å². The molecule has 1 atom stereocenters. The Kier molecular flexibility index (Phi) is 10.4. The van der Waals surface area contributed by atoms with E-state index >= 15 is 0 Å². The molecule has 0 aliphatic carbocycles. The van der Waals surface area contributed by atoms with Crippen LogP contribution in [0.2, 0.25) is 0 Å². The standard InChI is InChI=1S/C13H30N2/c1-5-7-8-9-10-11-12-14-13(6-2)15(3)4/h13-14H,5-12H2,1-4H3. The molecular formula is C13H30N2. The highest BCUT2D eigenvalue weighted by Gasteiger charge is 2.05. The van der Waals surface area contributed by atoms with E-state index in [4.69, 9.17) is 0 Å². The van der Waals surface area contributed by atoms with E-state index < -0.39 is 0 Å². The van der Waals surface area contributed by atoms with Crippen molar-refractivity contribution in [1.82, 2.24) is 10.2 Å². The molecule has 0 heterocycles. The number of hydrogen-bond acceptors (Lipinski definition) is 2. The highest BCUT2D eigenvalue weighted by molar-refractivity contribution is 4.61. The van der Waals surface area contributed by atoms with E-state index in [2.05, 4.69) is 38.2 Å². The lowest BCUT2D eigenvalue weighted by Gasteiger charge is -2.24. The molecule has 0 rings (SSSR count). The van der Waals surface area contributed by atoms with Gasteiger partial charge in [0, 0.05) is 0 Å². The predicted octanol–water partition coefficient (Wildman–Crippen LogP) is 3.23. The Hall–Kier alpha value is -0.0800. The molecular weight excluding hydrogens is 184 g/mol. The number of hydrogen-bond donors (Lipinski definition) is 1. The summed E-state index contributed by atoms with van der Waals surface area (Å²) in [6.45, 7) is 5.67. The third-order valence-electron chi connectivity index (χ3n) is 2.92. The Morgan fingerprint density at radius 2 is 1.53 bits per heavy atom. The molecule has 0 aromatic heterocycles. The van der Waals surface area contributed by atoms with Gasteiger partial charge in [0.2, 0.25) is 0 Å². The molecule has 15 heavy (non-hydrogen) atoms. The van der Waals surface area contributed by atoms with Crippen molar-refractivity contribution in [2.45, 2.75) is 65.0 Å².